The molecule has 6 nitrogen and oxygen atoms in total. The van der Waals surface area contributed by atoms with Crippen molar-refractivity contribution in [2.75, 3.05) is 27.8 Å². The van der Waals surface area contributed by atoms with E-state index in [9.17, 15) is 9.59 Å². The van der Waals surface area contributed by atoms with E-state index in [0.29, 0.717) is 17.1 Å². The van der Waals surface area contributed by atoms with E-state index in [1.807, 2.05) is 0 Å². The van der Waals surface area contributed by atoms with Gasteiger partial charge in [-0.2, -0.15) is 0 Å². The number of aliphatic carboxylic acids is 1. The van der Waals surface area contributed by atoms with Crippen LogP contribution in [-0.2, 0) is 16.0 Å². The highest BCUT2D eigenvalue weighted by Gasteiger charge is 2.14. The SMILES string of the molecule is COc1ccc(OC)c(CC(=O)N(C)CCC(=O)O)c1. The predicted octanol–water partition coefficient (Wildman–Crippen LogP) is 1.18. The molecule has 1 amide bonds. The van der Waals surface area contributed by atoms with Crippen LogP contribution in [0.3, 0.4) is 0 Å². The van der Waals surface area contributed by atoms with Crippen LogP contribution in [0.5, 0.6) is 11.5 Å². The average molecular weight is 281 g/mol. The Morgan fingerprint density at radius 3 is 2.50 bits per heavy atom. The van der Waals surface area contributed by atoms with E-state index in [0.717, 1.165) is 0 Å². The maximum absolute atomic E-state index is 12.0. The average Bonchev–Trinajstić information content (AvgIpc) is 2.44. The lowest BCUT2D eigenvalue weighted by molar-refractivity contribution is -0.138. The summed E-state index contributed by atoms with van der Waals surface area (Å²) in [6, 6.07) is 5.22. The van der Waals surface area contributed by atoms with Gasteiger partial charge in [0.05, 0.1) is 27.1 Å². The molecule has 110 valence electrons. The quantitative estimate of drug-likeness (QED) is 0.812. The lowest BCUT2D eigenvalue weighted by Crippen LogP contribution is -2.30. The van der Waals surface area contributed by atoms with Gasteiger partial charge in [0.1, 0.15) is 11.5 Å². The second-order valence-corrected chi connectivity index (χ2v) is 4.31. The Morgan fingerprint density at radius 1 is 1.25 bits per heavy atom. The number of carboxylic acid groups (broad SMARTS) is 1. The van der Waals surface area contributed by atoms with Gasteiger partial charge in [-0.25, -0.2) is 0 Å². The maximum atomic E-state index is 12.0. The Hall–Kier alpha value is -2.24. The van der Waals surface area contributed by atoms with E-state index < -0.39 is 5.97 Å². The van der Waals surface area contributed by atoms with Crippen molar-refractivity contribution in [1.82, 2.24) is 4.90 Å². The molecule has 0 saturated heterocycles. The zero-order valence-electron chi connectivity index (χ0n) is 11.9. The summed E-state index contributed by atoms with van der Waals surface area (Å²) < 4.78 is 10.3. The summed E-state index contributed by atoms with van der Waals surface area (Å²) in [6.45, 7) is 0.181. The molecule has 20 heavy (non-hydrogen) atoms. The fraction of sp³-hybridized carbons (Fsp3) is 0.429. The van der Waals surface area contributed by atoms with E-state index in [1.165, 1.54) is 12.0 Å². The summed E-state index contributed by atoms with van der Waals surface area (Å²) in [6.07, 6.45) is 0.0635. The summed E-state index contributed by atoms with van der Waals surface area (Å²) in [5.41, 5.74) is 0.707. The van der Waals surface area contributed by atoms with E-state index in [1.54, 1.807) is 32.4 Å². The molecular formula is C14H19NO5. The summed E-state index contributed by atoms with van der Waals surface area (Å²) in [7, 11) is 4.66. The van der Waals surface area contributed by atoms with Crippen molar-refractivity contribution in [3.05, 3.63) is 23.8 Å². The molecule has 0 aliphatic carbocycles. The Morgan fingerprint density at radius 2 is 1.95 bits per heavy atom. The molecular weight excluding hydrogens is 262 g/mol. The third-order valence-electron chi connectivity index (χ3n) is 2.92. The number of carbonyl (C=O) groups excluding carboxylic acids is 1. The molecule has 1 N–H and O–H groups in total. The maximum Gasteiger partial charge on any atom is 0.305 e. The van der Waals surface area contributed by atoms with Gasteiger partial charge in [0.25, 0.3) is 0 Å². The number of methoxy groups -OCH3 is 2. The van der Waals surface area contributed by atoms with Crippen LogP contribution < -0.4 is 9.47 Å². The van der Waals surface area contributed by atoms with Crippen molar-refractivity contribution in [2.24, 2.45) is 0 Å². The van der Waals surface area contributed by atoms with Crippen LogP contribution in [0.25, 0.3) is 0 Å². The molecule has 1 rings (SSSR count). The molecule has 0 aromatic heterocycles. The molecule has 0 unspecified atom stereocenters. The zero-order chi connectivity index (χ0) is 15.1. The number of carboxylic acids is 1. The highest BCUT2D eigenvalue weighted by molar-refractivity contribution is 5.80. The molecule has 0 spiro atoms. The zero-order valence-corrected chi connectivity index (χ0v) is 11.9. The molecule has 0 aliphatic heterocycles. The first kappa shape index (κ1) is 15.8. The van der Waals surface area contributed by atoms with Crippen molar-refractivity contribution < 1.29 is 24.2 Å². The van der Waals surface area contributed by atoms with Crippen molar-refractivity contribution in [3.63, 3.8) is 0 Å². The van der Waals surface area contributed by atoms with Gasteiger partial charge in [0, 0.05) is 19.2 Å². The number of likely N-dealkylation sites (N-methyl/N-ethyl adjacent to an activating group) is 1. The van der Waals surface area contributed by atoms with Crippen LogP contribution in [0.2, 0.25) is 0 Å². The van der Waals surface area contributed by atoms with E-state index in [-0.39, 0.29) is 25.3 Å². The first-order valence-corrected chi connectivity index (χ1v) is 6.14. The lowest BCUT2D eigenvalue weighted by Gasteiger charge is -2.17. The predicted molar refractivity (Wildman–Crippen MR) is 73.1 cm³/mol. The van der Waals surface area contributed by atoms with Gasteiger partial charge in [-0.1, -0.05) is 0 Å². The Balaban J connectivity index is 2.75. The number of rotatable bonds is 7. The first-order valence-electron chi connectivity index (χ1n) is 6.14. The summed E-state index contributed by atoms with van der Waals surface area (Å²) in [5.74, 6) is 0.147. The largest absolute Gasteiger partial charge is 0.497 e. The van der Waals surface area contributed by atoms with Gasteiger partial charge < -0.3 is 19.5 Å². The second kappa shape index (κ2) is 7.37. The van der Waals surface area contributed by atoms with Gasteiger partial charge >= 0.3 is 5.97 Å². The van der Waals surface area contributed by atoms with E-state index in [4.69, 9.17) is 14.6 Å². The monoisotopic (exact) mass is 281 g/mol. The Kier molecular flexibility index (Phi) is 5.83. The normalized spacial score (nSPS) is 9.95. The van der Waals surface area contributed by atoms with E-state index in [2.05, 4.69) is 0 Å². The van der Waals surface area contributed by atoms with Gasteiger partial charge in [0.15, 0.2) is 0 Å². The van der Waals surface area contributed by atoms with Crippen LogP contribution in [0.1, 0.15) is 12.0 Å². The fourth-order valence-corrected chi connectivity index (χ4v) is 1.71. The van der Waals surface area contributed by atoms with Crippen molar-refractivity contribution >= 4 is 11.9 Å². The van der Waals surface area contributed by atoms with Gasteiger partial charge in [-0.15, -0.1) is 0 Å². The number of nitrogens with zero attached hydrogens (tertiary/aromatic N) is 1. The van der Waals surface area contributed by atoms with Crippen LogP contribution in [0.15, 0.2) is 18.2 Å². The van der Waals surface area contributed by atoms with Crippen molar-refractivity contribution in [1.29, 1.82) is 0 Å². The molecule has 0 atom stereocenters. The third-order valence-corrected chi connectivity index (χ3v) is 2.92. The van der Waals surface area contributed by atoms with Crippen molar-refractivity contribution in [2.45, 2.75) is 12.8 Å². The molecule has 0 saturated carbocycles. The molecule has 6 heteroatoms. The number of carbonyl (C=O) groups is 2. The fourth-order valence-electron chi connectivity index (χ4n) is 1.71. The molecule has 0 bridgehead atoms. The van der Waals surface area contributed by atoms with Gasteiger partial charge in [0.2, 0.25) is 5.91 Å². The number of ether oxygens (including phenoxy) is 2. The van der Waals surface area contributed by atoms with Crippen LogP contribution in [-0.4, -0.2) is 49.7 Å². The minimum atomic E-state index is -0.927. The van der Waals surface area contributed by atoms with E-state index >= 15 is 0 Å². The lowest BCUT2D eigenvalue weighted by atomic mass is 10.1. The van der Waals surface area contributed by atoms with Crippen LogP contribution in [0.4, 0.5) is 0 Å². The topological polar surface area (TPSA) is 76.1 Å². The number of hydrogen-bond donors (Lipinski definition) is 1. The minimum absolute atomic E-state index is 0.0719. The molecule has 0 aliphatic rings. The smallest absolute Gasteiger partial charge is 0.305 e. The summed E-state index contributed by atoms with van der Waals surface area (Å²) in [4.78, 5) is 23.9. The second-order valence-electron chi connectivity index (χ2n) is 4.31. The number of hydrogen-bond acceptors (Lipinski definition) is 4. The number of benzene rings is 1. The Bertz CT molecular complexity index is 486. The molecule has 0 heterocycles. The highest BCUT2D eigenvalue weighted by atomic mass is 16.5. The first-order chi connectivity index (χ1) is 9.47. The summed E-state index contributed by atoms with van der Waals surface area (Å²) >= 11 is 0. The van der Waals surface area contributed by atoms with Crippen LogP contribution >= 0.6 is 0 Å². The van der Waals surface area contributed by atoms with Gasteiger partial charge in [-0.05, 0) is 18.2 Å². The minimum Gasteiger partial charge on any atom is -0.497 e. The molecule has 0 fully saturated rings. The Labute approximate surface area is 117 Å². The molecule has 0 radical (unpaired) electrons. The van der Waals surface area contributed by atoms with Gasteiger partial charge in [-0.3, -0.25) is 9.59 Å². The van der Waals surface area contributed by atoms with Crippen molar-refractivity contribution in [3.8, 4) is 11.5 Å². The summed E-state index contributed by atoms with van der Waals surface area (Å²) in [5, 5.41) is 8.61. The van der Waals surface area contributed by atoms with Crippen LogP contribution in [0, 0.1) is 0 Å². The standard InChI is InChI=1S/C14H19NO5/c1-15(7-6-14(17)18)13(16)9-10-8-11(19-2)4-5-12(10)20-3/h4-5,8H,6-7,9H2,1-3H3,(H,17,18). The third kappa shape index (κ3) is 4.46. The molecule has 1 aromatic carbocycles. The molecule has 1 aromatic rings. The number of amides is 1. The highest BCUT2D eigenvalue weighted by Crippen LogP contribution is 2.24.